The van der Waals surface area contributed by atoms with Gasteiger partial charge in [0, 0.05) is 11.4 Å². The number of carbonyl (C=O) groups is 1. The molecule has 7 nitrogen and oxygen atoms in total. The molecule has 0 aliphatic carbocycles. The third-order valence-electron chi connectivity index (χ3n) is 4.74. The van der Waals surface area contributed by atoms with Crippen LogP contribution in [-0.2, 0) is 5.75 Å². The molecule has 10 heteroatoms. The molecule has 1 amide bonds. The Balaban J connectivity index is 1.49. The molecule has 0 bridgehead atoms. The molecule has 0 aliphatic heterocycles. The minimum Gasteiger partial charge on any atom is -0.497 e. The molecule has 2 heterocycles. The SMILES string of the molecule is [C-]#[N+]c1c(-c2cccc(OC)c2)nc(SCc2ccc(NC(=O)c3sccc3Cl)cc2)[nH]c1=O. The summed E-state index contributed by atoms with van der Waals surface area (Å²) in [6.07, 6.45) is 0. The molecule has 4 aromatic rings. The number of thiophene rings is 1. The fourth-order valence-electron chi connectivity index (χ4n) is 3.07. The number of benzene rings is 2. The Labute approximate surface area is 208 Å². The maximum absolute atomic E-state index is 12.5. The van der Waals surface area contributed by atoms with Crippen LogP contribution in [0.1, 0.15) is 15.2 Å². The van der Waals surface area contributed by atoms with E-state index in [1.807, 2.05) is 12.1 Å². The van der Waals surface area contributed by atoms with Crippen molar-refractivity contribution in [3.05, 3.63) is 97.2 Å². The van der Waals surface area contributed by atoms with Crippen LogP contribution in [0.2, 0.25) is 5.02 Å². The van der Waals surface area contributed by atoms with Gasteiger partial charge in [0.05, 0.1) is 24.4 Å². The zero-order valence-corrected chi connectivity index (χ0v) is 20.2. The second-order valence-corrected chi connectivity index (χ2v) is 9.24. The summed E-state index contributed by atoms with van der Waals surface area (Å²) < 4.78 is 5.25. The predicted molar refractivity (Wildman–Crippen MR) is 136 cm³/mol. The van der Waals surface area contributed by atoms with E-state index in [9.17, 15) is 9.59 Å². The summed E-state index contributed by atoms with van der Waals surface area (Å²) >= 11 is 8.64. The fraction of sp³-hybridized carbons (Fsp3) is 0.0833. The summed E-state index contributed by atoms with van der Waals surface area (Å²) in [7, 11) is 1.55. The highest BCUT2D eigenvalue weighted by atomic mass is 35.5. The van der Waals surface area contributed by atoms with Gasteiger partial charge in [0.1, 0.15) is 10.6 Å². The monoisotopic (exact) mass is 508 g/mol. The van der Waals surface area contributed by atoms with Crippen molar-refractivity contribution in [2.24, 2.45) is 0 Å². The van der Waals surface area contributed by atoms with Gasteiger partial charge in [0.25, 0.3) is 17.2 Å². The third-order valence-corrected chi connectivity index (χ3v) is 7.02. The van der Waals surface area contributed by atoms with Gasteiger partial charge in [-0.25, -0.2) is 9.83 Å². The van der Waals surface area contributed by atoms with Crippen LogP contribution in [0.5, 0.6) is 5.75 Å². The normalized spacial score (nSPS) is 10.5. The van der Waals surface area contributed by atoms with Crippen LogP contribution < -0.4 is 15.6 Å². The van der Waals surface area contributed by atoms with E-state index in [2.05, 4.69) is 20.1 Å². The Kier molecular flexibility index (Phi) is 7.33. The second-order valence-electron chi connectivity index (χ2n) is 6.95. The summed E-state index contributed by atoms with van der Waals surface area (Å²) in [4.78, 5) is 35.8. The summed E-state index contributed by atoms with van der Waals surface area (Å²) in [6, 6.07) is 16.1. The number of nitrogens with one attached hydrogen (secondary N) is 2. The number of aromatic amines is 1. The van der Waals surface area contributed by atoms with Crippen molar-refractivity contribution in [2.45, 2.75) is 10.9 Å². The molecule has 0 spiro atoms. The Morgan fingerprint density at radius 1 is 1.26 bits per heavy atom. The van der Waals surface area contributed by atoms with E-state index in [0.29, 0.717) is 43.5 Å². The number of thioether (sulfide) groups is 1. The van der Waals surface area contributed by atoms with Gasteiger partial charge in [0.2, 0.25) is 0 Å². The molecule has 2 N–H and O–H groups in total. The number of hydrogen-bond donors (Lipinski definition) is 2. The maximum Gasteiger partial charge on any atom is 0.276 e. The van der Waals surface area contributed by atoms with Crippen LogP contribution in [-0.4, -0.2) is 23.0 Å². The van der Waals surface area contributed by atoms with Crippen molar-refractivity contribution in [2.75, 3.05) is 12.4 Å². The number of anilines is 1. The van der Waals surface area contributed by atoms with Gasteiger partial charge in [-0.2, -0.15) is 0 Å². The van der Waals surface area contributed by atoms with Crippen molar-refractivity contribution >= 4 is 52.0 Å². The molecule has 2 aromatic heterocycles. The molecule has 0 saturated heterocycles. The lowest BCUT2D eigenvalue weighted by Crippen LogP contribution is -2.10. The molecule has 0 saturated carbocycles. The topological polar surface area (TPSA) is 88.4 Å². The molecule has 2 aromatic carbocycles. The lowest BCUT2D eigenvalue weighted by molar-refractivity contribution is 0.103. The zero-order valence-electron chi connectivity index (χ0n) is 17.8. The zero-order chi connectivity index (χ0) is 24.1. The Morgan fingerprint density at radius 2 is 2.06 bits per heavy atom. The number of amides is 1. The van der Waals surface area contributed by atoms with E-state index in [4.69, 9.17) is 22.9 Å². The molecule has 0 fully saturated rings. The van der Waals surface area contributed by atoms with Crippen LogP contribution >= 0.6 is 34.7 Å². The molecule has 0 atom stereocenters. The van der Waals surface area contributed by atoms with Gasteiger partial charge in [-0.3, -0.25) is 9.59 Å². The van der Waals surface area contributed by atoms with Gasteiger partial charge < -0.3 is 15.0 Å². The van der Waals surface area contributed by atoms with Crippen molar-refractivity contribution in [1.29, 1.82) is 0 Å². The minimum atomic E-state index is -0.490. The molecular weight excluding hydrogens is 492 g/mol. The highest BCUT2D eigenvalue weighted by Crippen LogP contribution is 2.30. The Hall–Kier alpha value is -3.58. The first kappa shape index (κ1) is 23.6. The number of hydrogen-bond acceptors (Lipinski definition) is 6. The lowest BCUT2D eigenvalue weighted by Gasteiger charge is -2.09. The minimum absolute atomic E-state index is 0.0662. The van der Waals surface area contributed by atoms with E-state index in [-0.39, 0.29) is 11.6 Å². The first-order valence-electron chi connectivity index (χ1n) is 9.90. The number of carbonyl (C=O) groups excluding carboxylic acids is 1. The number of aromatic nitrogens is 2. The summed E-state index contributed by atoms with van der Waals surface area (Å²) in [5.41, 5.74) is 2.00. The second kappa shape index (κ2) is 10.6. The van der Waals surface area contributed by atoms with Gasteiger partial charge in [-0.15, -0.1) is 11.3 Å². The van der Waals surface area contributed by atoms with E-state index >= 15 is 0 Å². The molecular formula is C24H17ClN4O3S2. The van der Waals surface area contributed by atoms with E-state index in [1.54, 1.807) is 55.0 Å². The van der Waals surface area contributed by atoms with Crippen molar-refractivity contribution < 1.29 is 9.53 Å². The largest absolute Gasteiger partial charge is 0.497 e. The van der Waals surface area contributed by atoms with E-state index < -0.39 is 5.56 Å². The number of nitrogens with zero attached hydrogens (tertiary/aromatic N) is 2. The molecule has 34 heavy (non-hydrogen) atoms. The Bertz CT molecular complexity index is 1440. The van der Waals surface area contributed by atoms with Gasteiger partial charge >= 0.3 is 0 Å². The number of rotatable bonds is 7. The predicted octanol–water partition coefficient (Wildman–Crippen LogP) is 6.26. The van der Waals surface area contributed by atoms with Crippen LogP contribution in [0.25, 0.3) is 16.1 Å². The summed E-state index contributed by atoms with van der Waals surface area (Å²) in [5, 5.41) is 5.42. The summed E-state index contributed by atoms with van der Waals surface area (Å²) in [5.74, 6) is 0.884. The standard InChI is InChI=1S/C24H17ClN4O3S2/c1-26-20-19(15-4-3-5-17(12-15)32-2)28-24(29-22(20)30)34-13-14-6-8-16(9-7-14)27-23(31)21-18(25)10-11-33-21/h3-12H,13H2,2H3,(H,27,31)(H,28,29,30). The molecule has 0 unspecified atom stereocenters. The summed E-state index contributed by atoms with van der Waals surface area (Å²) in [6.45, 7) is 7.40. The van der Waals surface area contributed by atoms with E-state index in [0.717, 1.165) is 5.56 Å². The molecule has 0 radical (unpaired) electrons. The lowest BCUT2D eigenvalue weighted by atomic mass is 10.1. The number of H-pyrrole nitrogens is 1. The highest BCUT2D eigenvalue weighted by Gasteiger charge is 2.15. The quantitative estimate of drug-likeness (QED) is 0.175. The van der Waals surface area contributed by atoms with Crippen LogP contribution in [0.3, 0.4) is 0 Å². The number of ether oxygens (including phenoxy) is 1. The van der Waals surface area contributed by atoms with Gasteiger partial charge in [-0.1, -0.05) is 47.6 Å². The third kappa shape index (κ3) is 5.31. The Morgan fingerprint density at radius 3 is 2.74 bits per heavy atom. The average molecular weight is 509 g/mol. The van der Waals surface area contributed by atoms with Gasteiger partial charge in [-0.05, 0) is 46.8 Å². The van der Waals surface area contributed by atoms with Crippen molar-refractivity contribution in [3.63, 3.8) is 0 Å². The molecule has 4 rings (SSSR count). The van der Waals surface area contributed by atoms with Crippen LogP contribution in [0.4, 0.5) is 11.4 Å². The molecule has 0 aliphatic rings. The highest BCUT2D eigenvalue weighted by molar-refractivity contribution is 7.98. The smallest absolute Gasteiger partial charge is 0.276 e. The maximum atomic E-state index is 12.5. The first-order chi connectivity index (χ1) is 16.5. The number of methoxy groups -OCH3 is 1. The van der Waals surface area contributed by atoms with Crippen LogP contribution in [0.15, 0.2) is 69.9 Å². The van der Waals surface area contributed by atoms with Crippen molar-refractivity contribution in [1.82, 2.24) is 9.97 Å². The average Bonchev–Trinajstić information content (AvgIpc) is 3.29. The fourth-order valence-corrected chi connectivity index (χ4v) is 4.92. The number of halogens is 1. The van der Waals surface area contributed by atoms with Crippen molar-refractivity contribution in [3.8, 4) is 17.0 Å². The first-order valence-corrected chi connectivity index (χ1v) is 12.1. The van der Waals surface area contributed by atoms with Crippen LogP contribution in [0, 0.1) is 6.57 Å². The molecule has 170 valence electrons. The van der Waals surface area contributed by atoms with E-state index in [1.165, 1.54) is 23.1 Å². The van der Waals surface area contributed by atoms with Gasteiger partial charge in [0.15, 0.2) is 5.16 Å².